The fraction of sp³-hybridized carbons (Fsp3) is 0.0667. The average Bonchev–Trinajstić information content (AvgIpc) is 2.89. The van der Waals surface area contributed by atoms with Gasteiger partial charge >= 0.3 is 5.97 Å². The van der Waals surface area contributed by atoms with Crippen molar-refractivity contribution in [1.82, 2.24) is 19.7 Å². The van der Waals surface area contributed by atoms with Crippen molar-refractivity contribution in [3.05, 3.63) is 63.1 Å². The van der Waals surface area contributed by atoms with Gasteiger partial charge in [0.2, 0.25) is 0 Å². The highest BCUT2D eigenvalue weighted by Crippen LogP contribution is 2.21. The Morgan fingerprint density at radius 2 is 2.17 bits per heavy atom. The van der Waals surface area contributed by atoms with Gasteiger partial charge in [-0.1, -0.05) is 12.1 Å². The molecule has 116 valence electrons. The molecule has 0 aliphatic carbocycles. The highest BCUT2D eigenvalue weighted by Gasteiger charge is 2.11. The number of halogens is 1. The maximum Gasteiger partial charge on any atom is 0.335 e. The Balaban J connectivity index is 2.01. The van der Waals surface area contributed by atoms with Crippen LogP contribution < -0.4 is 0 Å². The number of H-pyrrole nitrogens is 1. The summed E-state index contributed by atoms with van der Waals surface area (Å²) in [4.78, 5) is 15.2. The number of nitrogens with one attached hydrogen (secondary N) is 1. The van der Waals surface area contributed by atoms with Gasteiger partial charge in [-0.25, -0.2) is 4.79 Å². The fourth-order valence-electron chi connectivity index (χ4n) is 2.20. The van der Waals surface area contributed by atoms with Crippen LogP contribution in [0.25, 0.3) is 11.4 Å². The lowest BCUT2D eigenvalue weighted by Crippen LogP contribution is -2.04. The molecule has 0 fully saturated rings. The van der Waals surface area contributed by atoms with Crippen molar-refractivity contribution in [2.45, 2.75) is 6.54 Å². The van der Waals surface area contributed by atoms with Crippen molar-refractivity contribution in [3.8, 4) is 11.4 Å². The minimum atomic E-state index is -0.959. The monoisotopic (exact) mass is 390 g/mol. The number of aromatic nitrogens is 4. The standard InChI is InChI=1S/C15H11BrN4O2S/c16-12-5-11(6-17-7-12)13-18-19-15(23)20(13)8-9-2-1-3-10(4-9)14(21)22/h1-7H,8H2,(H,19,23)(H,21,22). The van der Waals surface area contributed by atoms with E-state index in [1.165, 1.54) is 0 Å². The number of carboxylic acids is 1. The van der Waals surface area contributed by atoms with Crippen LogP contribution >= 0.6 is 28.1 Å². The number of hydrogen-bond acceptors (Lipinski definition) is 4. The smallest absolute Gasteiger partial charge is 0.335 e. The Morgan fingerprint density at radius 1 is 1.35 bits per heavy atom. The van der Waals surface area contributed by atoms with Crippen LogP contribution in [0.2, 0.25) is 0 Å². The molecule has 0 atom stereocenters. The number of carboxylic acid groups (broad SMARTS) is 1. The van der Waals surface area contributed by atoms with Crippen LogP contribution in [0.15, 0.2) is 47.2 Å². The largest absolute Gasteiger partial charge is 0.478 e. The zero-order valence-electron chi connectivity index (χ0n) is 11.7. The van der Waals surface area contributed by atoms with Crippen LogP contribution in [0.1, 0.15) is 15.9 Å². The zero-order chi connectivity index (χ0) is 16.4. The lowest BCUT2D eigenvalue weighted by molar-refractivity contribution is 0.0696. The molecule has 6 nitrogen and oxygen atoms in total. The summed E-state index contributed by atoms with van der Waals surface area (Å²) < 4.78 is 3.10. The SMILES string of the molecule is O=C(O)c1cccc(Cn2c(-c3cncc(Br)c3)n[nH]c2=S)c1. The second-order valence-electron chi connectivity index (χ2n) is 4.84. The van der Waals surface area contributed by atoms with Gasteiger partial charge in [-0.05, 0) is 51.9 Å². The van der Waals surface area contributed by atoms with Gasteiger partial charge in [0.05, 0.1) is 12.1 Å². The number of rotatable bonds is 4. The number of benzene rings is 1. The number of nitrogens with zero attached hydrogens (tertiary/aromatic N) is 3. The Morgan fingerprint density at radius 3 is 2.91 bits per heavy atom. The Labute approximate surface area is 145 Å². The molecule has 0 aliphatic rings. The molecule has 0 spiro atoms. The first-order valence-corrected chi connectivity index (χ1v) is 7.83. The molecule has 1 aromatic carbocycles. The van der Waals surface area contributed by atoms with Crippen LogP contribution in [0.3, 0.4) is 0 Å². The zero-order valence-corrected chi connectivity index (χ0v) is 14.1. The molecular formula is C15H11BrN4O2S. The molecule has 3 aromatic rings. The van der Waals surface area contributed by atoms with E-state index >= 15 is 0 Å². The molecule has 0 aliphatic heterocycles. The van der Waals surface area contributed by atoms with E-state index in [0.29, 0.717) is 17.1 Å². The normalized spacial score (nSPS) is 10.7. The van der Waals surface area contributed by atoms with E-state index in [1.54, 1.807) is 35.2 Å². The van der Waals surface area contributed by atoms with Crippen LogP contribution in [0.4, 0.5) is 0 Å². The van der Waals surface area contributed by atoms with Crippen LogP contribution in [-0.2, 0) is 6.54 Å². The van der Waals surface area contributed by atoms with E-state index in [9.17, 15) is 4.79 Å². The Kier molecular flexibility index (Phi) is 4.35. The van der Waals surface area contributed by atoms with Gasteiger partial charge in [0.15, 0.2) is 10.6 Å². The van der Waals surface area contributed by atoms with Gasteiger partial charge in [0.25, 0.3) is 0 Å². The molecule has 2 N–H and O–H groups in total. The molecule has 8 heteroatoms. The molecule has 23 heavy (non-hydrogen) atoms. The van der Waals surface area contributed by atoms with E-state index in [-0.39, 0.29) is 5.56 Å². The number of pyridine rings is 1. The summed E-state index contributed by atoms with van der Waals surface area (Å²) in [6.07, 6.45) is 3.38. The van der Waals surface area contributed by atoms with Crippen molar-refractivity contribution >= 4 is 34.1 Å². The van der Waals surface area contributed by atoms with Gasteiger partial charge in [-0.15, -0.1) is 0 Å². The van der Waals surface area contributed by atoms with Crippen LogP contribution in [-0.4, -0.2) is 30.8 Å². The highest BCUT2D eigenvalue weighted by atomic mass is 79.9. The summed E-state index contributed by atoms with van der Waals surface area (Å²) in [6, 6.07) is 8.63. The van der Waals surface area contributed by atoms with Gasteiger partial charge in [-0.3, -0.25) is 14.6 Å². The van der Waals surface area contributed by atoms with Crippen molar-refractivity contribution in [2.24, 2.45) is 0 Å². The molecule has 2 aromatic heterocycles. The Bertz CT molecular complexity index is 935. The third-order valence-corrected chi connectivity index (χ3v) is 3.98. The number of carbonyl (C=O) groups is 1. The van der Waals surface area contributed by atoms with E-state index in [1.807, 2.05) is 12.1 Å². The highest BCUT2D eigenvalue weighted by molar-refractivity contribution is 9.10. The van der Waals surface area contributed by atoms with E-state index in [0.717, 1.165) is 15.6 Å². The van der Waals surface area contributed by atoms with Crippen LogP contribution in [0.5, 0.6) is 0 Å². The maximum absolute atomic E-state index is 11.1. The minimum Gasteiger partial charge on any atom is -0.478 e. The second kappa shape index (κ2) is 6.43. The van der Waals surface area contributed by atoms with Crippen LogP contribution in [0, 0.1) is 4.77 Å². The number of hydrogen-bond donors (Lipinski definition) is 2. The van der Waals surface area contributed by atoms with E-state index in [4.69, 9.17) is 17.3 Å². The molecular weight excluding hydrogens is 380 g/mol. The van der Waals surface area contributed by atoms with Crippen molar-refractivity contribution in [1.29, 1.82) is 0 Å². The quantitative estimate of drug-likeness (QED) is 0.665. The summed E-state index contributed by atoms with van der Waals surface area (Å²) in [5.41, 5.74) is 1.87. The average molecular weight is 391 g/mol. The molecule has 0 saturated heterocycles. The number of aromatic amines is 1. The lowest BCUT2D eigenvalue weighted by atomic mass is 10.1. The molecule has 2 heterocycles. The van der Waals surface area contributed by atoms with E-state index in [2.05, 4.69) is 31.1 Å². The minimum absolute atomic E-state index is 0.239. The first-order chi connectivity index (χ1) is 11.0. The molecule has 0 unspecified atom stereocenters. The van der Waals surface area contributed by atoms with Crippen molar-refractivity contribution in [3.63, 3.8) is 0 Å². The number of aromatic carboxylic acids is 1. The predicted octanol–water partition coefficient (Wildman–Crippen LogP) is 3.51. The molecule has 0 saturated carbocycles. The summed E-state index contributed by atoms with van der Waals surface area (Å²) in [7, 11) is 0. The first-order valence-electron chi connectivity index (χ1n) is 6.63. The van der Waals surface area contributed by atoms with Gasteiger partial charge in [0, 0.05) is 22.4 Å². The summed E-state index contributed by atoms with van der Waals surface area (Å²) in [5.74, 6) is -0.316. The van der Waals surface area contributed by atoms with Crippen molar-refractivity contribution < 1.29 is 9.90 Å². The van der Waals surface area contributed by atoms with Gasteiger partial charge in [-0.2, -0.15) is 5.10 Å². The third kappa shape index (κ3) is 3.38. The predicted molar refractivity (Wildman–Crippen MR) is 90.8 cm³/mol. The second-order valence-corrected chi connectivity index (χ2v) is 6.14. The van der Waals surface area contributed by atoms with Crippen molar-refractivity contribution in [2.75, 3.05) is 0 Å². The van der Waals surface area contributed by atoms with Gasteiger partial charge in [0.1, 0.15) is 0 Å². The molecule has 0 radical (unpaired) electrons. The Hall–Kier alpha value is -2.32. The summed E-state index contributed by atoms with van der Waals surface area (Å²) in [5, 5.41) is 16.1. The fourth-order valence-corrected chi connectivity index (χ4v) is 2.77. The molecule has 0 amide bonds. The molecule has 0 bridgehead atoms. The lowest BCUT2D eigenvalue weighted by Gasteiger charge is -2.08. The maximum atomic E-state index is 11.1. The van der Waals surface area contributed by atoms with Gasteiger partial charge < -0.3 is 5.11 Å². The van der Waals surface area contributed by atoms with E-state index < -0.39 is 5.97 Å². The first kappa shape index (κ1) is 15.6. The topological polar surface area (TPSA) is 83.8 Å². The molecule has 3 rings (SSSR count). The summed E-state index contributed by atoms with van der Waals surface area (Å²) >= 11 is 8.67. The third-order valence-electron chi connectivity index (χ3n) is 3.24. The summed E-state index contributed by atoms with van der Waals surface area (Å²) in [6.45, 7) is 0.415.